The quantitative estimate of drug-likeness (QED) is 0.481. The number of hydrazine groups is 1. The highest BCUT2D eigenvalue weighted by Gasteiger charge is 2.20. The minimum atomic E-state index is -0.305. The van der Waals surface area contributed by atoms with Gasteiger partial charge < -0.3 is 0 Å². The standard InChI is InChI=1S/C13H18FN3/c14-11-8-5-9-16-13(11)12(17-15)10-6-3-1-2-4-7-10/h5-6,8-9,12,17H,1-4,7,15H2. The summed E-state index contributed by atoms with van der Waals surface area (Å²) in [6, 6.07) is 2.71. The molecule has 92 valence electrons. The Balaban J connectivity index is 2.26. The molecular weight excluding hydrogens is 217 g/mol. The minimum Gasteiger partial charge on any atom is -0.271 e. The Hall–Kier alpha value is -1.26. The van der Waals surface area contributed by atoms with Gasteiger partial charge in [-0.2, -0.15) is 0 Å². The molecule has 0 aromatic carbocycles. The summed E-state index contributed by atoms with van der Waals surface area (Å²) < 4.78 is 13.7. The van der Waals surface area contributed by atoms with Crippen molar-refractivity contribution in [1.29, 1.82) is 0 Å². The zero-order valence-electron chi connectivity index (χ0n) is 9.82. The largest absolute Gasteiger partial charge is 0.271 e. The molecule has 3 nitrogen and oxygen atoms in total. The first kappa shape index (κ1) is 12.2. The van der Waals surface area contributed by atoms with Crippen LogP contribution >= 0.6 is 0 Å². The molecule has 0 radical (unpaired) electrons. The van der Waals surface area contributed by atoms with E-state index in [0.717, 1.165) is 24.8 Å². The number of allylic oxidation sites excluding steroid dienone is 1. The Morgan fingerprint density at radius 2 is 2.24 bits per heavy atom. The minimum absolute atomic E-state index is 0.297. The number of rotatable bonds is 3. The van der Waals surface area contributed by atoms with Gasteiger partial charge in [-0.1, -0.05) is 12.5 Å². The Morgan fingerprint density at radius 1 is 1.35 bits per heavy atom. The molecule has 1 atom stereocenters. The van der Waals surface area contributed by atoms with Gasteiger partial charge in [-0.25, -0.2) is 9.82 Å². The molecule has 1 aromatic heterocycles. The molecule has 1 aliphatic rings. The van der Waals surface area contributed by atoms with Crippen LogP contribution in [0.1, 0.15) is 43.8 Å². The summed E-state index contributed by atoms with van der Waals surface area (Å²) in [5.41, 5.74) is 4.23. The molecule has 0 fully saturated rings. The number of hydrogen-bond donors (Lipinski definition) is 2. The van der Waals surface area contributed by atoms with E-state index >= 15 is 0 Å². The molecule has 0 spiro atoms. The number of pyridine rings is 1. The summed E-state index contributed by atoms with van der Waals surface area (Å²) in [5.74, 6) is 5.25. The molecule has 17 heavy (non-hydrogen) atoms. The summed E-state index contributed by atoms with van der Waals surface area (Å²) in [5, 5.41) is 0. The lowest BCUT2D eigenvalue weighted by Crippen LogP contribution is -2.31. The smallest absolute Gasteiger partial charge is 0.146 e. The van der Waals surface area contributed by atoms with Gasteiger partial charge in [0.25, 0.3) is 0 Å². The van der Waals surface area contributed by atoms with Gasteiger partial charge in [0.15, 0.2) is 0 Å². The maximum atomic E-state index is 13.7. The van der Waals surface area contributed by atoms with Gasteiger partial charge in [0, 0.05) is 6.20 Å². The van der Waals surface area contributed by atoms with Gasteiger partial charge in [0.2, 0.25) is 0 Å². The number of nitrogens with zero attached hydrogens (tertiary/aromatic N) is 1. The molecule has 3 N–H and O–H groups in total. The molecule has 0 amide bonds. The van der Waals surface area contributed by atoms with Crippen LogP contribution in [0.25, 0.3) is 0 Å². The van der Waals surface area contributed by atoms with Crippen molar-refractivity contribution < 1.29 is 4.39 Å². The van der Waals surface area contributed by atoms with E-state index in [4.69, 9.17) is 5.84 Å². The molecule has 0 saturated carbocycles. The van der Waals surface area contributed by atoms with Crippen LogP contribution in [0.3, 0.4) is 0 Å². The van der Waals surface area contributed by atoms with E-state index in [1.165, 1.54) is 18.9 Å². The Bertz CT molecular complexity index is 403. The van der Waals surface area contributed by atoms with Gasteiger partial charge in [-0.15, -0.1) is 0 Å². The normalized spacial score (nSPS) is 18.4. The maximum absolute atomic E-state index is 13.7. The fraction of sp³-hybridized carbons (Fsp3) is 0.462. The number of hydrogen-bond acceptors (Lipinski definition) is 3. The van der Waals surface area contributed by atoms with Crippen molar-refractivity contribution in [2.45, 2.75) is 38.1 Å². The predicted molar refractivity (Wildman–Crippen MR) is 65.4 cm³/mol. The summed E-state index contributed by atoms with van der Waals surface area (Å²) >= 11 is 0. The van der Waals surface area contributed by atoms with E-state index in [0.29, 0.717) is 5.69 Å². The van der Waals surface area contributed by atoms with Crippen LogP contribution in [0.15, 0.2) is 30.0 Å². The monoisotopic (exact) mass is 235 g/mol. The average molecular weight is 235 g/mol. The molecule has 0 aliphatic heterocycles. The maximum Gasteiger partial charge on any atom is 0.146 e. The second-order valence-electron chi connectivity index (χ2n) is 4.35. The van der Waals surface area contributed by atoms with Crippen molar-refractivity contribution in [3.8, 4) is 0 Å². The van der Waals surface area contributed by atoms with Gasteiger partial charge in [0.05, 0.1) is 11.7 Å². The third-order valence-corrected chi connectivity index (χ3v) is 3.17. The Morgan fingerprint density at radius 3 is 3.00 bits per heavy atom. The van der Waals surface area contributed by atoms with Crippen molar-refractivity contribution in [3.63, 3.8) is 0 Å². The van der Waals surface area contributed by atoms with Crippen LogP contribution < -0.4 is 11.3 Å². The summed E-state index contributed by atoms with van der Waals surface area (Å²) in [4.78, 5) is 4.10. The topological polar surface area (TPSA) is 50.9 Å². The Kier molecular flexibility index (Phi) is 4.23. The predicted octanol–water partition coefficient (Wildman–Crippen LogP) is 2.62. The van der Waals surface area contributed by atoms with E-state index in [9.17, 15) is 4.39 Å². The van der Waals surface area contributed by atoms with Gasteiger partial charge in [0.1, 0.15) is 5.82 Å². The molecule has 2 rings (SSSR count). The lowest BCUT2D eigenvalue weighted by atomic mass is 9.99. The average Bonchev–Trinajstić information content (AvgIpc) is 2.62. The van der Waals surface area contributed by atoms with E-state index < -0.39 is 0 Å². The summed E-state index contributed by atoms with van der Waals surface area (Å²) in [6.07, 6.45) is 9.34. The van der Waals surface area contributed by atoms with Crippen LogP contribution in [0, 0.1) is 5.82 Å². The molecule has 1 heterocycles. The summed E-state index contributed by atoms with van der Waals surface area (Å²) in [7, 11) is 0. The number of halogens is 1. The van der Waals surface area contributed by atoms with Crippen molar-refractivity contribution in [2.24, 2.45) is 5.84 Å². The number of nitrogens with two attached hydrogens (primary N) is 1. The van der Waals surface area contributed by atoms with E-state index in [1.54, 1.807) is 12.3 Å². The first-order chi connectivity index (χ1) is 8.33. The number of aromatic nitrogens is 1. The highest BCUT2D eigenvalue weighted by Crippen LogP contribution is 2.28. The molecule has 1 aromatic rings. The lowest BCUT2D eigenvalue weighted by Gasteiger charge is -2.19. The van der Waals surface area contributed by atoms with Crippen molar-refractivity contribution in [2.75, 3.05) is 0 Å². The molecule has 1 unspecified atom stereocenters. The third kappa shape index (κ3) is 2.90. The first-order valence-corrected chi connectivity index (χ1v) is 6.08. The zero-order valence-corrected chi connectivity index (χ0v) is 9.82. The van der Waals surface area contributed by atoms with Gasteiger partial charge in [-0.3, -0.25) is 10.8 Å². The van der Waals surface area contributed by atoms with Crippen LogP contribution in [0.2, 0.25) is 0 Å². The summed E-state index contributed by atoms with van der Waals surface area (Å²) in [6.45, 7) is 0. The van der Waals surface area contributed by atoms with Crippen LogP contribution in [-0.4, -0.2) is 4.98 Å². The highest BCUT2D eigenvalue weighted by atomic mass is 19.1. The second-order valence-corrected chi connectivity index (χ2v) is 4.35. The van der Waals surface area contributed by atoms with Gasteiger partial charge in [-0.05, 0) is 43.4 Å². The van der Waals surface area contributed by atoms with E-state index in [2.05, 4.69) is 16.5 Å². The van der Waals surface area contributed by atoms with Crippen LogP contribution in [0.4, 0.5) is 4.39 Å². The fourth-order valence-electron chi connectivity index (χ4n) is 2.27. The van der Waals surface area contributed by atoms with E-state index in [-0.39, 0.29) is 11.9 Å². The first-order valence-electron chi connectivity index (χ1n) is 6.08. The second kappa shape index (κ2) is 5.89. The molecule has 1 aliphatic carbocycles. The van der Waals surface area contributed by atoms with Crippen molar-refractivity contribution in [1.82, 2.24) is 10.4 Å². The third-order valence-electron chi connectivity index (χ3n) is 3.17. The highest BCUT2D eigenvalue weighted by molar-refractivity contribution is 5.24. The van der Waals surface area contributed by atoms with Crippen LogP contribution in [-0.2, 0) is 0 Å². The Labute approximate surface area is 101 Å². The fourth-order valence-corrected chi connectivity index (χ4v) is 2.27. The SMILES string of the molecule is NNC(C1=CCCCCC1)c1ncccc1F. The molecule has 4 heteroatoms. The molecule has 0 bridgehead atoms. The van der Waals surface area contributed by atoms with Crippen LogP contribution in [0.5, 0.6) is 0 Å². The number of nitrogens with one attached hydrogen (secondary N) is 1. The molecular formula is C13H18FN3. The van der Waals surface area contributed by atoms with Crippen molar-refractivity contribution in [3.05, 3.63) is 41.5 Å². The molecule has 0 saturated heterocycles. The lowest BCUT2D eigenvalue weighted by molar-refractivity contribution is 0.526. The zero-order chi connectivity index (χ0) is 12.1. The van der Waals surface area contributed by atoms with E-state index in [1.807, 2.05) is 0 Å². The van der Waals surface area contributed by atoms with Crippen molar-refractivity contribution >= 4 is 0 Å². The van der Waals surface area contributed by atoms with Gasteiger partial charge >= 0.3 is 0 Å².